The Morgan fingerprint density at radius 3 is 1.27 bits per heavy atom. The fourth-order valence-electron chi connectivity index (χ4n) is 3.33. The quantitative estimate of drug-likeness (QED) is 0.711. The molecule has 0 nitrogen and oxygen atoms in total. The van der Waals surface area contributed by atoms with E-state index in [-0.39, 0.29) is 0 Å². The average molecular weight is 325 g/mol. The van der Waals surface area contributed by atoms with E-state index in [1.54, 1.807) is 21.5 Å². The lowest BCUT2D eigenvalue weighted by atomic mass is 9.86. The van der Waals surface area contributed by atoms with Gasteiger partial charge in [-0.3, -0.25) is 0 Å². The monoisotopic (exact) mass is 324 g/mol. The predicted octanol–water partition coefficient (Wildman–Crippen LogP) is 4.54. The summed E-state index contributed by atoms with van der Waals surface area (Å²) >= 11 is 0. The lowest BCUT2D eigenvalue weighted by Crippen LogP contribution is -2.38. The van der Waals surface area contributed by atoms with Crippen LogP contribution >= 0.6 is 0 Å². The van der Waals surface area contributed by atoms with E-state index in [9.17, 15) is 0 Å². The van der Waals surface area contributed by atoms with E-state index in [0.29, 0.717) is 0 Å². The normalized spacial score (nSPS) is 14.5. The molecule has 22 heavy (non-hydrogen) atoms. The number of fused-ring (bicyclic) bond motifs is 3. The molecule has 0 unspecified atom stereocenters. The molecule has 0 bridgehead atoms. The minimum Gasteiger partial charge on any atom is -0.0656 e. The average Bonchev–Trinajstić information content (AvgIpc) is 2.44. The highest BCUT2D eigenvalue weighted by Gasteiger charge is 2.23. The largest absolute Gasteiger partial charge is 0.0776 e. The Hall–Kier alpha value is -1.13. The Balaban J connectivity index is 2.08. The maximum atomic E-state index is 2.50. The predicted molar refractivity (Wildman–Crippen MR) is 105 cm³/mol. The van der Waals surface area contributed by atoms with Gasteiger partial charge >= 0.3 is 0 Å². The third kappa shape index (κ3) is 2.87. The van der Waals surface area contributed by atoms with Gasteiger partial charge in [-0.05, 0) is 35.1 Å². The van der Waals surface area contributed by atoms with Crippen molar-refractivity contribution < 1.29 is 0 Å². The second kappa shape index (κ2) is 5.21. The molecule has 116 valence electrons. The molecule has 2 aromatic rings. The molecule has 0 saturated heterocycles. The number of hydrogen-bond donors (Lipinski definition) is 0. The van der Waals surface area contributed by atoms with Crippen molar-refractivity contribution in [3.8, 4) is 11.1 Å². The first kappa shape index (κ1) is 15.8. The van der Waals surface area contributed by atoms with Gasteiger partial charge in [0.25, 0.3) is 0 Å². The SMILES string of the molecule is C[Si](C)(C)c1ccc2c(c1)CCc1cc([Si](C)(C)C)ccc1-2. The van der Waals surface area contributed by atoms with Gasteiger partial charge in [0.05, 0.1) is 16.1 Å². The van der Waals surface area contributed by atoms with Crippen molar-refractivity contribution in [2.24, 2.45) is 0 Å². The molecule has 0 saturated carbocycles. The van der Waals surface area contributed by atoms with Crippen molar-refractivity contribution in [2.45, 2.75) is 52.1 Å². The van der Waals surface area contributed by atoms with Gasteiger partial charge < -0.3 is 0 Å². The third-order valence-electron chi connectivity index (χ3n) is 4.90. The summed E-state index contributed by atoms with van der Waals surface area (Å²) in [5, 5.41) is 3.18. The highest BCUT2D eigenvalue weighted by Crippen LogP contribution is 2.33. The van der Waals surface area contributed by atoms with Crippen LogP contribution in [-0.4, -0.2) is 16.1 Å². The van der Waals surface area contributed by atoms with Gasteiger partial charge in [-0.1, -0.05) is 86.1 Å². The van der Waals surface area contributed by atoms with Crippen LogP contribution in [0.2, 0.25) is 39.3 Å². The molecule has 0 heterocycles. The zero-order valence-electron chi connectivity index (χ0n) is 14.9. The Kier molecular flexibility index (Phi) is 3.73. The molecule has 0 N–H and O–H groups in total. The standard InChI is InChI=1S/C20H28Si2/c1-21(2,3)17-9-11-19-15(13-17)7-8-16-14-18(22(4,5)6)10-12-20(16)19/h9-14H,7-8H2,1-6H3. The van der Waals surface area contributed by atoms with E-state index in [1.807, 2.05) is 0 Å². The van der Waals surface area contributed by atoms with E-state index in [0.717, 1.165) is 0 Å². The Morgan fingerprint density at radius 2 is 0.955 bits per heavy atom. The van der Waals surface area contributed by atoms with Crippen LogP contribution in [0.4, 0.5) is 0 Å². The van der Waals surface area contributed by atoms with E-state index >= 15 is 0 Å². The first-order valence-electron chi connectivity index (χ1n) is 8.43. The van der Waals surface area contributed by atoms with Crippen molar-refractivity contribution in [1.82, 2.24) is 0 Å². The number of benzene rings is 2. The van der Waals surface area contributed by atoms with Crippen LogP contribution in [-0.2, 0) is 12.8 Å². The van der Waals surface area contributed by atoms with E-state index in [2.05, 4.69) is 75.7 Å². The van der Waals surface area contributed by atoms with Gasteiger partial charge in [-0.15, -0.1) is 0 Å². The van der Waals surface area contributed by atoms with Crippen molar-refractivity contribution in [3.63, 3.8) is 0 Å². The fourth-order valence-corrected chi connectivity index (χ4v) is 5.71. The van der Waals surface area contributed by atoms with Crippen molar-refractivity contribution in [3.05, 3.63) is 47.5 Å². The van der Waals surface area contributed by atoms with Gasteiger partial charge in [0.15, 0.2) is 0 Å². The molecule has 0 amide bonds. The molecule has 0 fully saturated rings. The Labute approximate surface area is 137 Å². The van der Waals surface area contributed by atoms with Gasteiger partial charge in [-0.25, -0.2) is 0 Å². The van der Waals surface area contributed by atoms with Crippen molar-refractivity contribution >= 4 is 26.5 Å². The summed E-state index contributed by atoms with van der Waals surface area (Å²) in [4.78, 5) is 0. The highest BCUT2D eigenvalue weighted by molar-refractivity contribution is 6.89. The Morgan fingerprint density at radius 1 is 0.591 bits per heavy atom. The first-order valence-corrected chi connectivity index (χ1v) is 15.4. The highest BCUT2D eigenvalue weighted by atomic mass is 28.3. The molecule has 0 aliphatic heterocycles. The molecule has 0 radical (unpaired) electrons. The lowest BCUT2D eigenvalue weighted by molar-refractivity contribution is 0.944. The van der Waals surface area contributed by atoms with Gasteiger partial charge in [0.1, 0.15) is 0 Å². The van der Waals surface area contributed by atoms with Gasteiger partial charge in [-0.2, -0.15) is 0 Å². The lowest BCUT2D eigenvalue weighted by Gasteiger charge is -2.26. The summed E-state index contributed by atoms with van der Waals surface area (Å²) in [6, 6.07) is 14.5. The first-order chi connectivity index (χ1) is 10.2. The molecule has 0 atom stereocenters. The molecule has 0 spiro atoms. The van der Waals surface area contributed by atoms with Crippen LogP contribution in [0.15, 0.2) is 36.4 Å². The molecule has 1 aliphatic rings. The van der Waals surface area contributed by atoms with Crippen molar-refractivity contribution in [2.75, 3.05) is 0 Å². The van der Waals surface area contributed by atoms with Crippen LogP contribution in [0.25, 0.3) is 11.1 Å². The molecule has 1 aliphatic carbocycles. The molecule has 2 heteroatoms. The van der Waals surface area contributed by atoms with Crippen molar-refractivity contribution in [1.29, 1.82) is 0 Å². The minimum atomic E-state index is -1.21. The minimum absolute atomic E-state index is 1.20. The summed E-state index contributed by atoms with van der Waals surface area (Å²) in [6.45, 7) is 14.6. The van der Waals surface area contributed by atoms with Crippen LogP contribution in [0.5, 0.6) is 0 Å². The molecular formula is C20H28Si2. The summed E-state index contributed by atoms with van der Waals surface area (Å²) in [5.41, 5.74) is 6.08. The molecule has 3 rings (SSSR count). The summed E-state index contributed by atoms with van der Waals surface area (Å²) in [6.07, 6.45) is 2.41. The second-order valence-corrected chi connectivity index (χ2v) is 18.9. The zero-order chi connectivity index (χ0) is 16.1. The summed E-state index contributed by atoms with van der Waals surface area (Å²) < 4.78 is 0. The van der Waals surface area contributed by atoms with Crippen LogP contribution < -0.4 is 10.4 Å². The number of hydrogen-bond acceptors (Lipinski definition) is 0. The maximum absolute atomic E-state index is 2.50. The fraction of sp³-hybridized carbons (Fsp3) is 0.400. The smallest absolute Gasteiger partial charge is 0.0656 e. The van der Waals surface area contributed by atoms with E-state index < -0.39 is 16.1 Å². The molecule has 0 aromatic heterocycles. The van der Waals surface area contributed by atoms with Crippen LogP contribution in [0.1, 0.15) is 11.1 Å². The zero-order valence-corrected chi connectivity index (χ0v) is 16.9. The van der Waals surface area contributed by atoms with Crippen LogP contribution in [0, 0.1) is 0 Å². The van der Waals surface area contributed by atoms with Crippen LogP contribution in [0.3, 0.4) is 0 Å². The van der Waals surface area contributed by atoms with E-state index in [1.165, 1.54) is 24.0 Å². The topological polar surface area (TPSA) is 0 Å². The molecular weight excluding hydrogens is 296 g/mol. The van der Waals surface area contributed by atoms with Gasteiger partial charge in [0.2, 0.25) is 0 Å². The third-order valence-corrected chi connectivity index (χ3v) is 8.98. The number of rotatable bonds is 2. The Bertz CT molecular complexity index is 652. The second-order valence-electron chi connectivity index (χ2n) is 8.74. The van der Waals surface area contributed by atoms with Gasteiger partial charge in [0, 0.05) is 0 Å². The maximum Gasteiger partial charge on any atom is 0.0776 e. The molecule has 2 aromatic carbocycles. The summed E-state index contributed by atoms with van der Waals surface area (Å²) in [7, 11) is -2.42. The number of aryl methyl sites for hydroxylation is 2. The van der Waals surface area contributed by atoms with E-state index in [4.69, 9.17) is 0 Å². The summed E-state index contributed by atoms with van der Waals surface area (Å²) in [5.74, 6) is 0.